The van der Waals surface area contributed by atoms with E-state index in [1.807, 2.05) is 18.2 Å². The third kappa shape index (κ3) is 2.61. The highest BCUT2D eigenvalue weighted by Crippen LogP contribution is 2.40. The van der Waals surface area contributed by atoms with E-state index < -0.39 is 5.54 Å². The Morgan fingerprint density at radius 2 is 2.26 bits per heavy atom. The molecule has 2 rings (SSSR count). The fourth-order valence-corrected chi connectivity index (χ4v) is 3.01. The molecule has 1 aliphatic heterocycles. The van der Waals surface area contributed by atoms with Gasteiger partial charge in [0, 0.05) is 23.6 Å². The van der Waals surface area contributed by atoms with Gasteiger partial charge in [-0.3, -0.25) is 10.1 Å². The van der Waals surface area contributed by atoms with E-state index in [1.54, 1.807) is 13.0 Å². The Kier molecular flexibility index (Phi) is 4.13. The highest BCUT2D eigenvalue weighted by Gasteiger charge is 2.47. The Hall–Kier alpha value is -1.10. The van der Waals surface area contributed by atoms with Crippen LogP contribution >= 0.6 is 11.6 Å². The Morgan fingerprint density at radius 3 is 2.84 bits per heavy atom. The van der Waals surface area contributed by atoms with Gasteiger partial charge in [-0.25, -0.2) is 0 Å². The van der Waals surface area contributed by atoms with Gasteiger partial charge in [0.1, 0.15) is 5.54 Å². The molecule has 1 aliphatic rings. The van der Waals surface area contributed by atoms with Crippen LogP contribution in [0.25, 0.3) is 0 Å². The molecule has 3 atom stereocenters. The third-order valence-electron chi connectivity index (χ3n) is 3.73. The van der Waals surface area contributed by atoms with Crippen LogP contribution in [0.1, 0.15) is 24.9 Å². The van der Waals surface area contributed by atoms with Crippen LogP contribution in [0.3, 0.4) is 0 Å². The van der Waals surface area contributed by atoms with Crippen molar-refractivity contribution in [3.05, 3.63) is 34.9 Å². The summed E-state index contributed by atoms with van der Waals surface area (Å²) in [5, 5.41) is 13.4. The number of hydrogen-bond acceptors (Lipinski definition) is 4. The van der Waals surface area contributed by atoms with E-state index in [-0.39, 0.29) is 24.5 Å². The first-order valence-electron chi connectivity index (χ1n) is 6.23. The fraction of sp³-hybridized carbons (Fsp3) is 0.500. The van der Waals surface area contributed by atoms with Gasteiger partial charge in [0.15, 0.2) is 0 Å². The number of carbonyl (C=O) groups excluding carboxylic acids is 1. The van der Waals surface area contributed by atoms with Crippen molar-refractivity contribution in [2.45, 2.75) is 24.9 Å². The molecule has 0 spiro atoms. The maximum atomic E-state index is 11.9. The van der Waals surface area contributed by atoms with Gasteiger partial charge in [0.05, 0.1) is 7.11 Å². The summed E-state index contributed by atoms with van der Waals surface area (Å²) in [5.74, 6) is -0.385. The molecule has 1 saturated heterocycles. The molecular weight excluding hydrogens is 266 g/mol. The van der Waals surface area contributed by atoms with E-state index in [2.05, 4.69) is 5.32 Å². The zero-order valence-corrected chi connectivity index (χ0v) is 11.8. The first-order valence-corrected chi connectivity index (χ1v) is 6.61. The number of benzene rings is 1. The number of aliphatic hydroxyl groups is 1. The molecule has 0 radical (unpaired) electrons. The van der Waals surface area contributed by atoms with Crippen LogP contribution in [-0.4, -0.2) is 30.3 Å². The van der Waals surface area contributed by atoms with E-state index in [0.717, 1.165) is 5.56 Å². The van der Waals surface area contributed by atoms with Crippen LogP contribution in [0, 0.1) is 5.92 Å². The van der Waals surface area contributed by atoms with E-state index in [1.165, 1.54) is 7.11 Å². The smallest absolute Gasteiger partial charge is 0.325 e. The lowest BCUT2D eigenvalue weighted by molar-refractivity contribution is -0.147. The van der Waals surface area contributed by atoms with Gasteiger partial charge in [0.2, 0.25) is 0 Å². The topological polar surface area (TPSA) is 58.6 Å². The number of rotatable bonds is 3. The molecule has 2 N–H and O–H groups in total. The summed E-state index contributed by atoms with van der Waals surface area (Å²) in [7, 11) is 1.37. The fourth-order valence-electron chi connectivity index (χ4n) is 2.76. The molecule has 5 heteroatoms. The van der Waals surface area contributed by atoms with Gasteiger partial charge in [0.25, 0.3) is 0 Å². The standard InChI is InChI=1S/C14H18ClNO3/c1-14(13(18)19-2)7-9(8-17)12(16-14)10-5-3-4-6-11(10)15/h3-6,9,12,16-17H,7-8H2,1-2H3/t9-,12-,14+/m1/s1. The summed E-state index contributed by atoms with van der Waals surface area (Å²) < 4.78 is 4.83. The zero-order chi connectivity index (χ0) is 14.0. The van der Waals surface area contributed by atoms with Crippen molar-refractivity contribution in [1.82, 2.24) is 5.32 Å². The number of aliphatic hydroxyl groups excluding tert-OH is 1. The number of esters is 1. The molecule has 19 heavy (non-hydrogen) atoms. The highest BCUT2D eigenvalue weighted by molar-refractivity contribution is 6.31. The Balaban J connectivity index is 2.31. The number of nitrogens with one attached hydrogen (secondary N) is 1. The molecule has 0 unspecified atom stereocenters. The van der Waals surface area contributed by atoms with E-state index >= 15 is 0 Å². The molecule has 1 aromatic rings. The molecule has 0 aromatic heterocycles. The van der Waals surface area contributed by atoms with Crippen LogP contribution in [-0.2, 0) is 9.53 Å². The van der Waals surface area contributed by atoms with Crippen molar-refractivity contribution in [1.29, 1.82) is 0 Å². The van der Waals surface area contributed by atoms with E-state index in [4.69, 9.17) is 16.3 Å². The molecule has 0 aliphatic carbocycles. The maximum Gasteiger partial charge on any atom is 0.325 e. The minimum Gasteiger partial charge on any atom is -0.468 e. The normalized spacial score (nSPS) is 30.3. The van der Waals surface area contributed by atoms with Gasteiger partial charge >= 0.3 is 5.97 Å². The Bertz CT molecular complexity index is 480. The summed E-state index contributed by atoms with van der Waals surface area (Å²) in [6.45, 7) is 1.79. The summed E-state index contributed by atoms with van der Waals surface area (Å²) in [4.78, 5) is 11.9. The van der Waals surface area contributed by atoms with Crippen molar-refractivity contribution in [3.63, 3.8) is 0 Å². The highest BCUT2D eigenvalue weighted by atomic mass is 35.5. The van der Waals surface area contributed by atoms with Gasteiger partial charge in [-0.2, -0.15) is 0 Å². The largest absolute Gasteiger partial charge is 0.468 e. The quantitative estimate of drug-likeness (QED) is 0.832. The average Bonchev–Trinajstić information content (AvgIpc) is 2.77. The summed E-state index contributed by atoms with van der Waals surface area (Å²) in [6, 6.07) is 7.31. The Labute approximate surface area is 117 Å². The molecule has 0 bridgehead atoms. The van der Waals surface area contributed by atoms with Gasteiger partial charge in [-0.1, -0.05) is 29.8 Å². The molecule has 4 nitrogen and oxygen atoms in total. The van der Waals surface area contributed by atoms with Crippen molar-refractivity contribution < 1.29 is 14.6 Å². The van der Waals surface area contributed by atoms with Gasteiger partial charge in [-0.15, -0.1) is 0 Å². The predicted molar refractivity (Wildman–Crippen MR) is 72.9 cm³/mol. The molecule has 0 amide bonds. The number of methoxy groups -OCH3 is 1. The van der Waals surface area contributed by atoms with Crippen molar-refractivity contribution >= 4 is 17.6 Å². The SMILES string of the molecule is COC(=O)[C@]1(C)C[C@H](CO)[C@H](c2ccccc2Cl)N1. The third-order valence-corrected chi connectivity index (χ3v) is 4.07. The number of hydrogen-bond donors (Lipinski definition) is 2. The van der Waals surface area contributed by atoms with Crippen LogP contribution in [0.2, 0.25) is 5.02 Å². The molecule has 0 saturated carbocycles. The maximum absolute atomic E-state index is 11.9. The van der Waals surface area contributed by atoms with Crippen LogP contribution in [0.15, 0.2) is 24.3 Å². The van der Waals surface area contributed by atoms with Crippen molar-refractivity contribution in [2.24, 2.45) is 5.92 Å². The van der Waals surface area contributed by atoms with Gasteiger partial charge < -0.3 is 9.84 Å². The lowest BCUT2D eigenvalue weighted by atomic mass is 9.91. The van der Waals surface area contributed by atoms with E-state index in [9.17, 15) is 9.90 Å². The molecular formula is C14H18ClNO3. The minimum atomic E-state index is -0.786. The monoisotopic (exact) mass is 283 g/mol. The lowest BCUT2D eigenvalue weighted by Crippen LogP contribution is -2.46. The molecule has 104 valence electrons. The molecule has 1 fully saturated rings. The Morgan fingerprint density at radius 1 is 1.58 bits per heavy atom. The summed E-state index contributed by atoms with van der Waals surface area (Å²) >= 11 is 6.20. The van der Waals surface area contributed by atoms with Crippen molar-refractivity contribution in [3.8, 4) is 0 Å². The second-order valence-corrected chi connectivity index (χ2v) is 5.52. The first-order chi connectivity index (χ1) is 9.01. The lowest BCUT2D eigenvalue weighted by Gasteiger charge is -2.23. The second kappa shape index (κ2) is 5.49. The molecule has 1 aromatic carbocycles. The second-order valence-electron chi connectivity index (χ2n) is 5.11. The van der Waals surface area contributed by atoms with Crippen LogP contribution < -0.4 is 5.32 Å². The minimum absolute atomic E-state index is 0.00449. The van der Waals surface area contributed by atoms with E-state index in [0.29, 0.717) is 11.4 Å². The van der Waals surface area contributed by atoms with Crippen LogP contribution in [0.4, 0.5) is 0 Å². The number of halogens is 1. The van der Waals surface area contributed by atoms with Crippen molar-refractivity contribution in [2.75, 3.05) is 13.7 Å². The zero-order valence-electron chi connectivity index (χ0n) is 11.0. The number of ether oxygens (including phenoxy) is 1. The predicted octanol–water partition coefficient (Wildman–Crippen LogP) is 1.91. The molecule has 1 heterocycles. The first kappa shape index (κ1) is 14.3. The summed E-state index contributed by atoms with van der Waals surface area (Å²) in [6.07, 6.45) is 0.520. The van der Waals surface area contributed by atoms with Crippen LogP contribution in [0.5, 0.6) is 0 Å². The average molecular weight is 284 g/mol. The number of carbonyl (C=O) groups is 1. The van der Waals surface area contributed by atoms with Gasteiger partial charge in [-0.05, 0) is 25.0 Å². The summed E-state index contributed by atoms with van der Waals surface area (Å²) in [5.41, 5.74) is 0.113.